The van der Waals surface area contributed by atoms with Crippen LogP contribution in [-0.4, -0.2) is 32.0 Å². The van der Waals surface area contributed by atoms with Gasteiger partial charge in [-0.2, -0.15) is 11.8 Å². The van der Waals surface area contributed by atoms with Crippen molar-refractivity contribution in [3.63, 3.8) is 0 Å². The molecule has 4 nitrogen and oxygen atoms in total. The highest BCUT2D eigenvalue weighted by Gasteiger charge is 2.24. The molecular weight excluding hydrogens is 312 g/mol. The minimum atomic E-state index is -3.33. The summed E-state index contributed by atoms with van der Waals surface area (Å²) < 4.78 is 28.0. The van der Waals surface area contributed by atoms with E-state index in [0.717, 1.165) is 36.5 Å². The van der Waals surface area contributed by atoms with Crippen LogP contribution in [0.4, 0.5) is 0 Å². The summed E-state index contributed by atoms with van der Waals surface area (Å²) in [6, 6.07) is 2.54. The van der Waals surface area contributed by atoms with Crippen LogP contribution in [0.2, 0.25) is 0 Å². The fourth-order valence-corrected chi connectivity index (χ4v) is 5.92. The number of hydrogen-bond acceptors (Lipinski definition) is 5. The third-order valence-electron chi connectivity index (χ3n) is 3.55. The second kappa shape index (κ2) is 6.36. The van der Waals surface area contributed by atoms with Crippen molar-refractivity contribution in [1.29, 1.82) is 0 Å². The van der Waals surface area contributed by atoms with Crippen molar-refractivity contribution in [2.45, 2.75) is 48.5 Å². The van der Waals surface area contributed by atoms with E-state index in [2.05, 4.69) is 10.0 Å². The molecule has 7 heteroatoms. The van der Waals surface area contributed by atoms with Gasteiger partial charge in [0.15, 0.2) is 0 Å². The summed E-state index contributed by atoms with van der Waals surface area (Å²) in [4.78, 5) is 0. The molecule has 1 unspecified atom stereocenters. The molecule has 1 aromatic heterocycles. The Morgan fingerprint density at radius 3 is 2.80 bits per heavy atom. The molecule has 2 heterocycles. The third kappa shape index (κ3) is 3.98. The van der Waals surface area contributed by atoms with E-state index in [1.807, 2.05) is 17.1 Å². The van der Waals surface area contributed by atoms with Crippen molar-refractivity contribution < 1.29 is 8.42 Å². The largest absolute Gasteiger partial charge is 0.310 e. The Morgan fingerprint density at radius 2 is 2.10 bits per heavy atom. The Balaban J connectivity index is 1.60. The minimum Gasteiger partial charge on any atom is -0.310 e. The Kier molecular flexibility index (Phi) is 4.72. The normalized spacial score (nSPS) is 23.9. The van der Waals surface area contributed by atoms with E-state index in [1.54, 1.807) is 6.07 Å². The second-order valence-electron chi connectivity index (χ2n) is 5.46. The van der Waals surface area contributed by atoms with Crippen molar-refractivity contribution in [3.05, 3.63) is 17.0 Å². The fraction of sp³-hybridized carbons (Fsp3) is 0.692. The van der Waals surface area contributed by atoms with Gasteiger partial charge in [-0.15, -0.1) is 11.3 Å². The van der Waals surface area contributed by atoms with Gasteiger partial charge in [0.1, 0.15) is 4.21 Å². The lowest BCUT2D eigenvalue weighted by molar-refractivity contribution is 0.544. The monoisotopic (exact) mass is 332 g/mol. The van der Waals surface area contributed by atoms with Crippen molar-refractivity contribution in [1.82, 2.24) is 10.0 Å². The third-order valence-corrected chi connectivity index (χ3v) is 7.77. The zero-order valence-electron chi connectivity index (χ0n) is 11.3. The van der Waals surface area contributed by atoms with Crippen LogP contribution >= 0.6 is 23.1 Å². The average Bonchev–Trinajstić information content (AvgIpc) is 3.13. The van der Waals surface area contributed by atoms with Gasteiger partial charge in [0.2, 0.25) is 10.0 Å². The lowest BCUT2D eigenvalue weighted by Crippen LogP contribution is -2.37. The molecular formula is C13H20N2O2S3. The molecule has 0 radical (unpaired) electrons. The van der Waals surface area contributed by atoms with Crippen LogP contribution in [0.1, 0.15) is 31.2 Å². The van der Waals surface area contributed by atoms with E-state index >= 15 is 0 Å². The number of nitrogens with one attached hydrogen (secondary N) is 2. The maximum atomic E-state index is 12.3. The Hall–Kier alpha value is -0.0800. The summed E-state index contributed by atoms with van der Waals surface area (Å²) >= 11 is 3.15. The molecule has 2 fully saturated rings. The van der Waals surface area contributed by atoms with Crippen LogP contribution in [0.3, 0.4) is 0 Å². The molecule has 1 aromatic rings. The van der Waals surface area contributed by atoms with E-state index in [9.17, 15) is 8.42 Å². The zero-order chi connectivity index (χ0) is 14.0. The molecule has 2 aliphatic rings. The summed E-state index contributed by atoms with van der Waals surface area (Å²) in [5.74, 6) is 2.04. The van der Waals surface area contributed by atoms with Crippen LogP contribution in [0, 0.1) is 0 Å². The summed E-state index contributed by atoms with van der Waals surface area (Å²) in [6.45, 7) is 0.774. The first-order valence-corrected chi connectivity index (χ1v) is 10.6. The molecule has 0 amide bonds. The zero-order valence-corrected chi connectivity index (χ0v) is 13.7. The molecule has 112 valence electrons. The standard InChI is InChI=1S/C13H20N2O2S3/c16-20(17,15-12-2-1-5-18-9-12)13-6-10(8-19-13)7-14-11-3-4-11/h6,8,11-12,14-15H,1-5,7,9H2. The summed E-state index contributed by atoms with van der Waals surface area (Å²) in [6.07, 6.45) is 4.54. The SMILES string of the molecule is O=S(=O)(NC1CCCSC1)c1cc(CNC2CC2)cs1. The molecule has 1 aliphatic heterocycles. The van der Waals surface area contributed by atoms with Crippen molar-refractivity contribution >= 4 is 33.1 Å². The van der Waals surface area contributed by atoms with Crippen molar-refractivity contribution in [2.75, 3.05) is 11.5 Å². The van der Waals surface area contributed by atoms with Gasteiger partial charge in [-0.3, -0.25) is 0 Å². The van der Waals surface area contributed by atoms with E-state index in [1.165, 1.54) is 24.2 Å². The Morgan fingerprint density at radius 1 is 1.25 bits per heavy atom. The van der Waals surface area contributed by atoms with Gasteiger partial charge in [-0.1, -0.05) is 0 Å². The molecule has 3 rings (SSSR count). The van der Waals surface area contributed by atoms with Gasteiger partial charge in [-0.05, 0) is 48.4 Å². The van der Waals surface area contributed by atoms with Gasteiger partial charge in [-0.25, -0.2) is 13.1 Å². The Bertz CT molecular complexity index is 546. The molecule has 2 N–H and O–H groups in total. The predicted octanol–water partition coefficient (Wildman–Crippen LogP) is 2.17. The second-order valence-corrected chi connectivity index (χ2v) is 9.47. The van der Waals surface area contributed by atoms with Gasteiger partial charge < -0.3 is 5.32 Å². The lowest BCUT2D eigenvalue weighted by Gasteiger charge is -2.21. The maximum absolute atomic E-state index is 12.3. The number of thiophene rings is 1. The van der Waals surface area contributed by atoms with Crippen molar-refractivity contribution in [3.8, 4) is 0 Å². The quantitative estimate of drug-likeness (QED) is 0.838. The first-order valence-electron chi connectivity index (χ1n) is 7.04. The first-order chi connectivity index (χ1) is 9.63. The lowest BCUT2D eigenvalue weighted by atomic mass is 10.2. The average molecular weight is 333 g/mol. The van der Waals surface area contributed by atoms with Crippen LogP contribution < -0.4 is 10.0 Å². The van der Waals surface area contributed by atoms with Gasteiger partial charge >= 0.3 is 0 Å². The minimum absolute atomic E-state index is 0.0916. The maximum Gasteiger partial charge on any atom is 0.250 e. The smallest absolute Gasteiger partial charge is 0.250 e. The van der Waals surface area contributed by atoms with Crippen LogP contribution in [-0.2, 0) is 16.6 Å². The van der Waals surface area contributed by atoms with Gasteiger partial charge in [0, 0.05) is 24.4 Å². The molecule has 1 saturated heterocycles. The first kappa shape index (κ1) is 14.8. The van der Waals surface area contributed by atoms with Crippen LogP contribution in [0.15, 0.2) is 15.7 Å². The molecule has 0 aromatic carbocycles. The summed E-state index contributed by atoms with van der Waals surface area (Å²) in [5, 5.41) is 5.35. The van der Waals surface area contributed by atoms with E-state index in [-0.39, 0.29) is 6.04 Å². The fourth-order valence-electron chi connectivity index (χ4n) is 2.25. The molecule has 1 saturated carbocycles. The molecule has 20 heavy (non-hydrogen) atoms. The molecule has 1 aliphatic carbocycles. The molecule has 0 spiro atoms. The van der Waals surface area contributed by atoms with E-state index in [4.69, 9.17) is 0 Å². The van der Waals surface area contributed by atoms with E-state index in [0.29, 0.717) is 10.3 Å². The topological polar surface area (TPSA) is 58.2 Å². The van der Waals surface area contributed by atoms with Gasteiger partial charge in [0.05, 0.1) is 0 Å². The van der Waals surface area contributed by atoms with Crippen LogP contribution in [0.5, 0.6) is 0 Å². The van der Waals surface area contributed by atoms with Crippen LogP contribution in [0.25, 0.3) is 0 Å². The Labute approximate surface area is 128 Å². The van der Waals surface area contributed by atoms with Gasteiger partial charge in [0.25, 0.3) is 0 Å². The highest BCUT2D eigenvalue weighted by molar-refractivity contribution is 7.99. The predicted molar refractivity (Wildman–Crippen MR) is 84.8 cm³/mol. The highest BCUT2D eigenvalue weighted by atomic mass is 32.2. The number of rotatable bonds is 6. The molecule has 1 atom stereocenters. The number of thioether (sulfide) groups is 1. The molecule has 0 bridgehead atoms. The summed E-state index contributed by atoms with van der Waals surface area (Å²) in [5.41, 5.74) is 1.07. The number of hydrogen-bond donors (Lipinski definition) is 2. The van der Waals surface area contributed by atoms with E-state index < -0.39 is 10.0 Å². The van der Waals surface area contributed by atoms with Crippen molar-refractivity contribution in [2.24, 2.45) is 0 Å². The number of sulfonamides is 1. The summed E-state index contributed by atoms with van der Waals surface area (Å²) in [7, 11) is -3.33. The highest BCUT2D eigenvalue weighted by Crippen LogP contribution is 2.24.